The largest absolute Gasteiger partial charge is 0.491 e. The number of fused-ring (bicyclic) bond motifs is 3. The molecule has 6 nitrogen and oxygen atoms in total. The van der Waals surface area contributed by atoms with Crippen molar-refractivity contribution < 1.29 is 17.9 Å². The molecule has 3 unspecified atom stereocenters. The molecule has 0 aromatic heterocycles. The standard InChI is InChI=1S/C20H28N2O4S/c1-13(2)26-16-6-4-15(5-7-16)21-20(23)18-11-14-3-10-19(18)22(12-14)27(24,25)17-8-9-17/h4-7,13-14,17-19H,3,8-12H2,1-2H3,(H,21,23). The predicted octanol–water partition coefficient (Wildman–Crippen LogP) is 3.01. The van der Waals surface area contributed by atoms with Gasteiger partial charge in [0.25, 0.3) is 0 Å². The van der Waals surface area contributed by atoms with Crippen molar-refractivity contribution in [2.24, 2.45) is 11.8 Å². The molecule has 1 N–H and O–H groups in total. The number of nitrogens with zero attached hydrogens (tertiary/aromatic N) is 1. The molecule has 1 amide bonds. The monoisotopic (exact) mass is 392 g/mol. The highest BCUT2D eigenvalue weighted by Gasteiger charge is 2.51. The van der Waals surface area contributed by atoms with Gasteiger partial charge < -0.3 is 10.1 Å². The summed E-state index contributed by atoms with van der Waals surface area (Å²) < 4.78 is 32.8. The average Bonchev–Trinajstić information content (AvgIpc) is 3.49. The van der Waals surface area contributed by atoms with Gasteiger partial charge in [-0.15, -0.1) is 0 Å². The molecule has 2 bridgehead atoms. The van der Waals surface area contributed by atoms with Crippen molar-refractivity contribution in [1.82, 2.24) is 4.31 Å². The Morgan fingerprint density at radius 1 is 1.15 bits per heavy atom. The van der Waals surface area contributed by atoms with Crippen LogP contribution in [0.2, 0.25) is 0 Å². The number of anilines is 1. The molecule has 4 aliphatic rings. The van der Waals surface area contributed by atoms with Crippen LogP contribution in [0.15, 0.2) is 24.3 Å². The van der Waals surface area contributed by atoms with Crippen molar-refractivity contribution in [2.45, 2.75) is 63.3 Å². The zero-order valence-electron chi connectivity index (χ0n) is 15.9. The maximum absolute atomic E-state index is 12.9. The number of amides is 1. The molecule has 27 heavy (non-hydrogen) atoms. The van der Waals surface area contributed by atoms with Gasteiger partial charge in [0.1, 0.15) is 5.75 Å². The number of piperidine rings is 2. The van der Waals surface area contributed by atoms with Gasteiger partial charge in [-0.2, -0.15) is 4.31 Å². The molecule has 7 heteroatoms. The van der Waals surface area contributed by atoms with E-state index in [1.54, 1.807) is 4.31 Å². The van der Waals surface area contributed by atoms with E-state index in [0.29, 0.717) is 18.2 Å². The van der Waals surface area contributed by atoms with Crippen LogP contribution in [0.4, 0.5) is 5.69 Å². The van der Waals surface area contributed by atoms with Crippen molar-refractivity contribution in [3.05, 3.63) is 24.3 Å². The minimum atomic E-state index is -3.24. The van der Waals surface area contributed by atoms with Crippen LogP contribution in [0.3, 0.4) is 0 Å². The first-order valence-corrected chi connectivity index (χ1v) is 11.4. The lowest BCUT2D eigenvalue weighted by molar-refractivity contribution is -0.125. The fourth-order valence-corrected chi connectivity index (χ4v) is 6.56. The zero-order chi connectivity index (χ0) is 19.2. The molecule has 1 aromatic carbocycles. The Balaban J connectivity index is 1.45. The number of carbonyl (C=O) groups is 1. The Hall–Kier alpha value is -1.60. The smallest absolute Gasteiger partial charge is 0.229 e. The van der Waals surface area contributed by atoms with Crippen molar-refractivity contribution in [2.75, 3.05) is 11.9 Å². The van der Waals surface area contributed by atoms with Crippen LogP contribution in [-0.2, 0) is 14.8 Å². The molecule has 148 valence electrons. The van der Waals surface area contributed by atoms with E-state index in [2.05, 4.69) is 5.32 Å². The number of nitrogens with one attached hydrogen (secondary N) is 1. The fraction of sp³-hybridized carbons (Fsp3) is 0.650. The number of benzene rings is 1. The van der Waals surface area contributed by atoms with E-state index in [9.17, 15) is 13.2 Å². The second kappa shape index (κ2) is 7.09. The molecule has 1 aromatic rings. The van der Waals surface area contributed by atoms with E-state index in [1.165, 1.54) is 0 Å². The molecule has 2 heterocycles. The molecule has 0 radical (unpaired) electrons. The van der Waals surface area contributed by atoms with Gasteiger partial charge in [-0.1, -0.05) is 0 Å². The molecular weight excluding hydrogens is 364 g/mol. The molecule has 2 aliphatic heterocycles. The molecule has 3 atom stereocenters. The van der Waals surface area contributed by atoms with Gasteiger partial charge in [0.2, 0.25) is 15.9 Å². The van der Waals surface area contributed by atoms with E-state index < -0.39 is 10.0 Å². The van der Waals surface area contributed by atoms with Crippen LogP contribution < -0.4 is 10.1 Å². The minimum absolute atomic E-state index is 0.0714. The van der Waals surface area contributed by atoms with Crippen molar-refractivity contribution >= 4 is 21.6 Å². The molecule has 2 aliphatic carbocycles. The number of carbonyl (C=O) groups excluding carboxylic acids is 1. The SMILES string of the molecule is CC(C)Oc1ccc(NC(=O)C2CC3CCC2N(S(=O)(=O)C2CC2)C3)cc1. The third-order valence-electron chi connectivity index (χ3n) is 5.83. The van der Waals surface area contributed by atoms with Gasteiger partial charge in [-0.25, -0.2) is 8.42 Å². The Kier molecular flexibility index (Phi) is 4.93. The van der Waals surface area contributed by atoms with Gasteiger partial charge in [0.05, 0.1) is 17.3 Å². The fourth-order valence-electron chi connectivity index (χ4n) is 4.40. The maximum Gasteiger partial charge on any atom is 0.229 e. The maximum atomic E-state index is 12.9. The van der Waals surface area contributed by atoms with Crippen LogP contribution in [0, 0.1) is 11.8 Å². The van der Waals surface area contributed by atoms with Gasteiger partial charge in [0, 0.05) is 18.3 Å². The van der Waals surface area contributed by atoms with Crippen LogP contribution in [0.1, 0.15) is 46.0 Å². The number of hydrogen-bond acceptors (Lipinski definition) is 4. The normalized spacial score (nSPS) is 28.3. The Bertz CT molecular complexity index is 802. The first-order chi connectivity index (χ1) is 12.8. The van der Waals surface area contributed by atoms with E-state index in [0.717, 1.165) is 37.9 Å². The number of ether oxygens (including phenoxy) is 1. The highest BCUT2D eigenvalue weighted by molar-refractivity contribution is 7.90. The number of sulfonamides is 1. The Labute approximate surface area is 161 Å². The van der Waals surface area contributed by atoms with Crippen molar-refractivity contribution in [1.29, 1.82) is 0 Å². The van der Waals surface area contributed by atoms with Gasteiger partial charge >= 0.3 is 0 Å². The molecule has 0 spiro atoms. The molecular formula is C20H28N2O4S. The van der Waals surface area contributed by atoms with E-state index in [4.69, 9.17) is 4.74 Å². The summed E-state index contributed by atoms with van der Waals surface area (Å²) in [6.45, 7) is 4.53. The Morgan fingerprint density at radius 3 is 2.44 bits per heavy atom. The summed E-state index contributed by atoms with van der Waals surface area (Å²) in [5, 5.41) is 2.76. The van der Waals surface area contributed by atoms with Crippen molar-refractivity contribution in [3.63, 3.8) is 0 Å². The predicted molar refractivity (Wildman–Crippen MR) is 104 cm³/mol. The number of rotatable bonds is 6. The van der Waals surface area contributed by atoms with Crippen molar-refractivity contribution in [3.8, 4) is 5.75 Å². The minimum Gasteiger partial charge on any atom is -0.491 e. The molecule has 5 rings (SSSR count). The second-order valence-corrected chi connectivity index (χ2v) is 10.5. The lowest BCUT2D eigenvalue weighted by Crippen LogP contribution is -2.58. The third-order valence-corrected chi connectivity index (χ3v) is 8.22. The first kappa shape index (κ1) is 18.7. The van der Waals surface area contributed by atoms with Crippen LogP contribution >= 0.6 is 0 Å². The number of hydrogen-bond donors (Lipinski definition) is 1. The van der Waals surface area contributed by atoms with Crippen LogP contribution in [-0.4, -0.2) is 42.6 Å². The summed E-state index contributed by atoms with van der Waals surface area (Å²) in [7, 11) is -3.24. The van der Waals surface area contributed by atoms with E-state index >= 15 is 0 Å². The quantitative estimate of drug-likeness (QED) is 0.807. The van der Waals surface area contributed by atoms with E-state index in [-0.39, 0.29) is 29.2 Å². The lowest BCUT2D eigenvalue weighted by atomic mass is 9.73. The lowest BCUT2D eigenvalue weighted by Gasteiger charge is -2.48. The third kappa shape index (κ3) is 3.85. The van der Waals surface area contributed by atoms with E-state index in [1.807, 2.05) is 38.1 Å². The summed E-state index contributed by atoms with van der Waals surface area (Å²) in [5.74, 6) is 0.720. The summed E-state index contributed by atoms with van der Waals surface area (Å²) >= 11 is 0. The summed E-state index contributed by atoms with van der Waals surface area (Å²) in [6, 6.07) is 7.15. The average molecular weight is 393 g/mol. The van der Waals surface area contributed by atoms with Gasteiger partial charge in [-0.3, -0.25) is 4.79 Å². The summed E-state index contributed by atoms with van der Waals surface area (Å²) in [6.07, 6.45) is 4.21. The zero-order valence-corrected chi connectivity index (χ0v) is 16.7. The second-order valence-electron chi connectivity index (χ2n) is 8.35. The van der Waals surface area contributed by atoms with Gasteiger partial charge in [-0.05, 0) is 76.1 Å². The molecule has 4 fully saturated rings. The van der Waals surface area contributed by atoms with Gasteiger partial charge in [0.15, 0.2) is 0 Å². The van der Waals surface area contributed by atoms with Crippen LogP contribution in [0.5, 0.6) is 5.75 Å². The van der Waals surface area contributed by atoms with Crippen LogP contribution in [0.25, 0.3) is 0 Å². The highest BCUT2D eigenvalue weighted by atomic mass is 32.2. The molecule has 2 saturated heterocycles. The summed E-state index contributed by atoms with van der Waals surface area (Å²) in [4.78, 5) is 12.9. The Morgan fingerprint density at radius 2 is 1.85 bits per heavy atom. The highest BCUT2D eigenvalue weighted by Crippen LogP contribution is 2.44. The topological polar surface area (TPSA) is 75.7 Å². The first-order valence-electron chi connectivity index (χ1n) is 9.93. The molecule has 2 saturated carbocycles. The summed E-state index contributed by atoms with van der Waals surface area (Å²) in [5.41, 5.74) is 0.717.